The standard InChI is InChI=1S/C11H22N2O/c1-3-4-5-8-13-10(14)11(6-7-11)9-12-2/h12H,3-9H2,1-2H3,(H,13,14). The molecular formula is C11H22N2O. The predicted octanol–water partition coefficient (Wildman–Crippen LogP) is 1.29. The fraction of sp³-hybridized carbons (Fsp3) is 0.909. The molecule has 1 rings (SSSR count). The molecule has 0 atom stereocenters. The lowest BCUT2D eigenvalue weighted by Crippen LogP contribution is -2.38. The Morgan fingerprint density at radius 3 is 2.57 bits per heavy atom. The van der Waals surface area contributed by atoms with Crippen LogP contribution >= 0.6 is 0 Å². The minimum Gasteiger partial charge on any atom is -0.356 e. The molecule has 0 aromatic carbocycles. The average molecular weight is 198 g/mol. The van der Waals surface area contributed by atoms with Gasteiger partial charge in [-0.1, -0.05) is 19.8 Å². The van der Waals surface area contributed by atoms with E-state index in [0.717, 1.165) is 32.4 Å². The molecule has 0 aromatic rings. The van der Waals surface area contributed by atoms with Crippen LogP contribution in [0.4, 0.5) is 0 Å². The summed E-state index contributed by atoms with van der Waals surface area (Å²) in [4.78, 5) is 11.7. The Bertz CT molecular complexity index is 188. The highest BCUT2D eigenvalue weighted by atomic mass is 16.2. The third-order valence-corrected chi connectivity index (χ3v) is 2.92. The van der Waals surface area contributed by atoms with Gasteiger partial charge in [-0.2, -0.15) is 0 Å². The van der Waals surface area contributed by atoms with Crippen LogP contribution in [0.3, 0.4) is 0 Å². The molecule has 3 nitrogen and oxygen atoms in total. The Kier molecular flexibility index (Phi) is 4.39. The predicted molar refractivity (Wildman–Crippen MR) is 58.1 cm³/mol. The minimum absolute atomic E-state index is 0.0546. The van der Waals surface area contributed by atoms with Gasteiger partial charge in [0.15, 0.2) is 0 Å². The lowest BCUT2D eigenvalue weighted by Gasteiger charge is -2.14. The van der Waals surface area contributed by atoms with Crippen LogP contribution in [-0.4, -0.2) is 26.0 Å². The number of hydrogen-bond acceptors (Lipinski definition) is 2. The number of rotatable bonds is 7. The first-order valence-corrected chi connectivity index (χ1v) is 5.68. The molecule has 0 aromatic heterocycles. The summed E-state index contributed by atoms with van der Waals surface area (Å²) >= 11 is 0. The number of nitrogens with one attached hydrogen (secondary N) is 2. The fourth-order valence-corrected chi connectivity index (χ4v) is 1.74. The van der Waals surface area contributed by atoms with E-state index >= 15 is 0 Å². The Morgan fingerprint density at radius 2 is 2.07 bits per heavy atom. The number of unbranched alkanes of at least 4 members (excludes halogenated alkanes) is 2. The molecule has 1 amide bonds. The van der Waals surface area contributed by atoms with Crippen LogP contribution in [0.1, 0.15) is 39.0 Å². The number of carbonyl (C=O) groups excluding carboxylic acids is 1. The van der Waals surface area contributed by atoms with E-state index in [4.69, 9.17) is 0 Å². The van der Waals surface area contributed by atoms with Crippen molar-refractivity contribution in [1.82, 2.24) is 10.6 Å². The van der Waals surface area contributed by atoms with Gasteiger partial charge >= 0.3 is 0 Å². The highest BCUT2D eigenvalue weighted by Crippen LogP contribution is 2.45. The first-order valence-electron chi connectivity index (χ1n) is 5.68. The normalized spacial score (nSPS) is 17.9. The van der Waals surface area contributed by atoms with Gasteiger partial charge in [0.2, 0.25) is 5.91 Å². The minimum atomic E-state index is -0.0546. The maximum atomic E-state index is 11.7. The molecule has 14 heavy (non-hydrogen) atoms. The van der Waals surface area contributed by atoms with Crippen molar-refractivity contribution in [3.63, 3.8) is 0 Å². The molecule has 0 heterocycles. The summed E-state index contributed by atoms with van der Waals surface area (Å²) < 4.78 is 0. The van der Waals surface area contributed by atoms with E-state index in [1.54, 1.807) is 0 Å². The van der Waals surface area contributed by atoms with Crippen molar-refractivity contribution in [2.24, 2.45) is 5.41 Å². The third kappa shape index (κ3) is 2.98. The smallest absolute Gasteiger partial charge is 0.227 e. The summed E-state index contributed by atoms with van der Waals surface area (Å²) in [5.74, 6) is 0.253. The SMILES string of the molecule is CCCCCNC(=O)C1(CNC)CC1. The van der Waals surface area contributed by atoms with E-state index in [9.17, 15) is 4.79 Å². The molecule has 0 unspecified atom stereocenters. The van der Waals surface area contributed by atoms with Crippen molar-refractivity contribution < 1.29 is 4.79 Å². The zero-order chi connectivity index (χ0) is 10.4. The quantitative estimate of drug-likeness (QED) is 0.605. The van der Waals surface area contributed by atoms with Crippen molar-refractivity contribution in [3.05, 3.63) is 0 Å². The summed E-state index contributed by atoms with van der Waals surface area (Å²) in [7, 11) is 1.91. The molecule has 0 bridgehead atoms. The average Bonchev–Trinajstić information content (AvgIpc) is 2.94. The lowest BCUT2D eigenvalue weighted by molar-refractivity contribution is -0.126. The lowest BCUT2D eigenvalue weighted by atomic mass is 10.1. The molecule has 1 fully saturated rings. The van der Waals surface area contributed by atoms with Gasteiger partial charge in [0.05, 0.1) is 5.41 Å². The first kappa shape index (κ1) is 11.5. The molecule has 82 valence electrons. The van der Waals surface area contributed by atoms with E-state index in [2.05, 4.69) is 17.6 Å². The zero-order valence-corrected chi connectivity index (χ0v) is 9.36. The molecule has 1 aliphatic carbocycles. The Labute approximate surface area is 86.6 Å². The summed E-state index contributed by atoms with van der Waals surface area (Å²) in [6.45, 7) is 3.84. The molecule has 3 heteroatoms. The molecule has 0 aliphatic heterocycles. The van der Waals surface area contributed by atoms with Crippen LogP contribution in [0.25, 0.3) is 0 Å². The molecule has 1 aliphatic rings. The van der Waals surface area contributed by atoms with Gasteiger partial charge in [0, 0.05) is 13.1 Å². The Balaban J connectivity index is 2.15. The summed E-state index contributed by atoms with van der Waals surface area (Å²) in [6.07, 6.45) is 5.62. The fourth-order valence-electron chi connectivity index (χ4n) is 1.74. The molecule has 0 radical (unpaired) electrons. The van der Waals surface area contributed by atoms with Crippen LogP contribution in [0.5, 0.6) is 0 Å². The highest BCUT2D eigenvalue weighted by Gasteiger charge is 2.48. The monoisotopic (exact) mass is 198 g/mol. The maximum absolute atomic E-state index is 11.7. The van der Waals surface area contributed by atoms with E-state index in [1.165, 1.54) is 12.8 Å². The summed E-state index contributed by atoms with van der Waals surface area (Å²) in [5.41, 5.74) is -0.0546. The van der Waals surface area contributed by atoms with Crippen molar-refractivity contribution in [2.75, 3.05) is 20.1 Å². The van der Waals surface area contributed by atoms with E-state index in [1.807, 2.05) is 7.05 Å². The number of hydrogen-bond donors (Lipinski definition) is 2. The van der Waals surface area contributed by atoms with E-state index in [0.29, 0.717) is 0 Å². The summed E-state index contributed by atoms with van der Waals surface area (Å²) in [6, 6.07) is 0. The van der Waals surface area contributed by atoms with E-state index < -0.39 is 0 Å². The van der Waals surface area contributed by atoms with Gasteiger partial charge in [-0.25, -0.2) is 0 Å². The van der Waals surface area contributed by atoms with Crippen LogP contribution < -0.4 is 10.6 Å². The molecule has 2 N–H and O–H groups in total. The summed E-state index contributed by atoms with van der Waals surface area (Å²) in [5, 5.41) is 6.12. The van der Waals surface area contributed by atoms with Gasteiger partial charge in [-0.05, 0) is 26.3 Å². The van der Waals surface area contributed by atoms with Crippen molar-refractivity contribution >= 4 is 5.91 Å². The number of amides is 1. The Morgan fingerprint density at radius 1 is 1.36 bits per heavy atom. The first-order chi connectivity index (χ1) is 6.75. The van der Waals surface area contributed by atoms with Crippen LogP contribution in [0, 0.1) is 5.41 Å². The second-order valence-electron chi connectivity index (χ2n) is 4.27. The van der Waals surface area contributed by atoms with E-state index in [-0.39, 0.29) is 11.3 Å². The van der Waals surface area contributed by atoms with Gasteiger partial charge in [0.1, 0.15) is 0 Å². The van der Waals surface area contributed by atoms with Gasteiger partial charge < -0.3 is 10.6 Å². The van der Waals surface area contributed by atoms with Gasteiger partial charge in [-0.3, -0.25) is 4.79 Å². The highest BCUT2D eigenvalue weighted by molar-refractivity contribution is 5.85. The zero-order valence-electron chi connectivity index (χ0n) is 9.36. The van der Waals surface area contributed by atoms with Crippen molar-refractivity contribution in [1.29, 1.82) is 0 Å². The van der Waals surface area contributed by atoms with Crippen LogP contribution in [0.2, 0.25) is 0 Å². The molecular weight excluding hydrogens is 176 g/mol. The molecule has 0 spiro atoms. The van der Waals surface area contributed by atoms with Crippen LogP contribution in [0.15, 0.2) is 0 Å². The van der Waals surface area contributed by atoms with Gasteiger partial charge in [-0.15, -0.1) is 0 Å². The Hall–Kier alpha value is -0.570. The van der Waals surface area contributed by atoms with Crippen LogP contribution in [-0.2, 0) is 4.79 Å². The topological polar surface area (TPSA) is 41.1 Å². The third-order valence-electron chi connectivity index (χ3n) is 2.92. The molecule has 1 saturated carbocycles. The number of carbonyl (C=O) groups is 1. The van der Waals surface area contributed by atoms with Gasteiger partial charge in [0.25, 0.3) is 0 Å². The molecule has 0 saturated heterocycles. The van der Waals surface area contributed by atoms with Crippen molar-refractivity contribution in [2.45, 2.75) is 39.0 Å². The largest absolute Gasteiger partial charge is 0.356 e. The van der Waals surface area contributed by atoms with Crippen molar-refractivity contribution in [3.8, 4) is 0 Å². The maximum Gasteiger partial charge on any atom is 0.227 e. The second-order valence-corrected chi connectivity index (χ2v) is 4.27. The second kappa shape index (κ2) is 5.35.